The molecule has 12 heteroatoms. The Morgan fingerprint density at radius 2 is 1.83 bits per heavy atom. The maximum Gasteiger partial charge on any atom is 0.416 e. The van der Waals surface area contributed by atoms with E-state index >= 15 is 0 Å². The smallest absolute Gasteiger partial charge is 0.387 e. The zero-order valence-electron chi connectivity index (χ0n) is 15.5. The maximum atomic E-state index is 12.6. The van der Waals surface area contributed by atoms with E-state index in [-0.39, 0.29) is 18.9 Å². The van der Waals surface area contributed by atoms with Gasteiger partial charge in [0.1, 0.15) is 30.2 Å². The fourth-order valence-electron chi connectivity index (χ4n) is 3.35. The summed E-state index contributed by atoms with van der Waals surface area (Å²) < 4.78 is 45.1. The van der Waals surface area contributed by atoms with Crippen molar-refractivity contribution in [2.24, 2.45) is 0 Å². The lowest BCUT2D eigenvalue weighted by Crippen LogP contribution is -2.37. The van der Waals surface area contributed by atoms with Crippen molar-refractivity contribution in [2.75, 3.05) is 12.3 Å². The number of halogens is 3. The normalized spacial score (nSPS) is 24.6. The van der Waals surface area contributed by atoms with Crippen LogP contribution in [0.25, 0.3) is 11.2 Å². The Balaban J connectivity index is 1.39. The molecule has 1 aliphatic rings. The van der Waals surface area contributed by atoms with Gasteiger partial charge in [0, 0.05) is 13.1 Å². The van der Waals surface area contributed by atoms with Gasteiger partial charge in [-0.25, -0.2) is 15.0 Å². The van der Waals surface area contributed by atoms with E-state index in [1.165, 1.54) is 29.4 Å². The second-order valence-electron chi connectivity index (χ2n) is 6.95. The number of nitrogen functional groups attached to an aromatic ring is 1. The number of nitrogens with two attached hydrogens (primary N) is 1. The largest absolute Gasteiger partial charge is 0.416 e. The number of alkyl halides is 3. The monoisotopic (exact) mass is 424 g/mol. The number of fused-ring (bicyclic) bond motifs is 1. The molecule has 0 bridgehead atoms. The number of aliphatic hydroxyl groups is 2. The Hall–Kier alpha value is -2.80. The molecular weight excluding hydrogens is 405 g/mol. The highest BCUT2D eigenvalue weighted by atomic mass is 19.4. The fraction of sp³-hybridized carbons (Fsp3) is 0.389. The molecule has 5 N–H and O–H groups in total. The summed E-state index contributed by atoms with van der Waals surface area (Å²) >= 11 is 0. The van der Waals surface area contributed by atoms with Gasteiger partial charge in [-0.3, -0.25) is 4.57 Å². The first-order valence-electron chi connectivity index (χ1n) is 9.07. The summed E-state index contributed by atoms with van der Waals surface area (Å²) in [6.45, 7) is 0.433. The zero-order chi connectivity index (χ0) is 21.5. The summed E-state index contributed by atoms with van der Waals surface area (Å²) in [5.41, 5.74) is 6.39. The van der Waals surface area contributed by atoms with E-state index < -0.39 is 36.3 Å². The van der Waals surface area contributed by atoms with Gasteiger partial charge in [0.15, 0.2) is 17.7 Å². The molecule has 30 heavy (non-hydrogen) atoms. The first-order valence-corrected chi connectivity index (χ1v) is 9.07. The third-order valence-corrected chi connectivity index (χ3v) is 4.95. The molecule has 4 rings (SSSR count). The summed E-state index contributed by atoms with van der Waals surface area (Å²) in [6.07, 6.45) is -5.84. The van der Waals surface area contributed by atoms with E-state index in [9.17, 15) is 23.4 Å². The average Bonchev–Trinajstić information content (AvgIpc) is 3.25. The number of imidazole rings is 1. The summed E-state index contributed by atoms with van der Waals surface area (Å²) in [6, 6.07) is 4.77. The second kappa shape index (κ2) is 7.80. The zero-order valence-corrected chi connectivity index (χ0v) is 15.5. The van der Waals surface area contributed by atoms with Crippen LogP contribution in [0, 0.1) is 0 Å². The molecule has 1 aliphatic heterocycles. The molecule has 0 amide bonds. The molecule has 3 heterocycles. The quantitative estimate of drug-likeness (QED) is 0.474. The van der Waals surface area contributed by atoms with E-state index in [0.29, 0.717) is 16.7 Å². The van der Waals surface area contributed by atoms with Gasteiger partial charge in [-0.1, -0.05) is 12.1 Å². The fourth-order valence-corrected chi connectivity index (χ4v) is 3.35. The molecule has 0 aliphatic carbocycles. The Kier molecular flexibility index (Phi) is 5.32. The van der Waals surface area contributed by atoms with Crippen LogP contribution in [-0.4, -0.2) is 54.6 Å². The number of hydrogen-bond donors (Lipinski definition) is 4. The van der Waals surface area contributed by atoms with Gasteiger partial charge in [-0.15, -0.1) is 0 Å². The van der Waals surface area contributed by atoms with Crippen LogP contribution in [0.5, 0.6) is 0 Å². The van der Waals surface area contributed by atoms with Gasteiger partial charge in [-0.2, -0.15) is 13.2 Å². The van der Waals surface area contributed by atoms with Crippen molar-refractivity contribution in [2.45, 2.75) is 37.3 Å². The minimum atomic E-state index is -4.38. The average molecular weight is 424 g/mol. The molecule has 1 fully saturated rings. The van der Waals surface area contributed by atoms with E-state index in [1.54, 1.807) is 0 Å². The van der Waals surface area contributed by atoms with E-state index in [1.807, 2.05) is 0 Å². The second-order valence-corrected chi connectivity index (χ2v) is 6.95. The van der Waals surface area contributed by atoms with Crippen LogP contribution in [0.3, 0.4) is 0 Å². The number of aromatic nitrogens is 4. The van der Waals surface area contributed by atoms with Crippen molar-refractivity contribution < 1.29 is 28.1 Å². The van der Waals surface area contributed by atoms with Gasteiger partial charge in [0.2, 0.25) is 0 Å². The molecule has 160 valence electrons. The molecule has 0 spiro atoms. The number of benzene rings is 1. The van der Waals surface area contributed by atoms with E-state index in [4.69, 9.17) is 10.5 Å². The van der Waals surface area contributed by atoms with E-state index in [2.05, 4.69) is 20.3 Å². The van der Waals surface area contributed by atoms with Gasteiger partial charge in [0.05, 0.1) is 11.9 Å². The molecule has 4 atom stereocenters. The van der Waals surface area contributed by atoms with Gasteiger partial charge < -0.3 is 26.0 Å². The molecule has 0 unspecified atom stereocenters. The number of nitrogens with one attached hydrogen (secondary N) is 1. The van der Waals surface area contributed by atoms with Crippen molar-refractivity contribution in [3.05, 3.63) is 48.0 Å². The predicted molar refractivity (Wildman–Crippen MR) is 98.8 cm³/mol. The summed E-state index contributed by atoms with van der Waals surface area (Å²) in [5, 5.41) is 23.8. The van der Waals surface area contributed by atoms with Gasteiger partial charge in [-0.05, 0) is 17.7 Å². The number of nitrogens with zero attached hydrogens (tertiary/aromatic N) is 4. The van der Waals surface area contributed by atoms with Crippen LogP contribution in [0.4, 0.5) is 19.0 Å². The SMILES string of the molecule is Nc1ncnc2c1ncn2[C@@H]1O[C@H](CNCc2ccc(C(F)(F)F)cc2)[C@@H](O)[C@H]1O. The maximum absolute atomic E-state index is 12.6. The number of anilines is 1. The Morgan fingerprint density at radius 1 is 1.10 bits per heavy atom. The third-order valence-electron chi connectivity index (χ3n) is 4.95. The van der Waals surface area contributed by atoms with Crippen molar-refractivity contribution in [1.82, 2.24) is 24.8 Å². The molecular formula is C18H19F3N6O3. The summed E-state index contributed by atoms with van der Waals surface area (Å²) in [7, 11) is 0. The standard InChI is InChI=1S/C18H19F3N6O3/c19-18(20,21)10-3-1-9(2-4-10)5-23-6-11-13(28)14(29)17(30-11)27-8-26-12-15(22)24-7-25-16(12)27/h1-4,7-8,11,13-14,17,23,28-29H,5-6H2,(H2,22,24,25)/t11-,13-,14-,17-/m1/s1. The van der Waals surface area contributed by atoms with Crippen LogP contribution < -0.4 is 11.1 Å². The Morgan fingerprint density at radius 3 is 2.53 bits per heavy atom. The lowest BCUT2D eigenvalue weighted by molar-refractivity contribution is -0.137. The highest BCUT2D eigenvalue weighted by Crippen LogP contribution is 2.32. The number of ether oxygens (including phenoxy) is 1. The predicted octanol–water partition coefficient (Wildman–Crippen LogP) is 0.836. The van der Waals surface area contributed by atoms with Crippen molar-refractivity contribution >= 4 is 17.0 Å². The minimum Gasteiger partial charge on any atom is -0.387 e. The topological polar surface area (TPSA) is 131 Å². The van der Waals surface area contributed by atoms with Crippen LogP contribution in [0.15, 0.2) is 36.9 Å². The van der Waals surface area contributed by atoms with E-state index in [0.717, 1.165) is 12.1 Å². The first kappa shape index (κ1) is 20.5. The highest BCUT2D eigenvalue weighted by Gasteiger charge is 2.44. The van der Waals surface area contributed by atoms with Crippen LogP contribution in [-0.2, 0) is 17.5 Å². The van der Waals surface area contributed by atoms with Crippen molar-refractivity contribution in [3.63, 3.8) is 0 Å². The van der Waals surface area contributed by atoms with Crippen LogP contribution >= 0.6 is 0 Å². The minimum absolute atomic E-state index is 0.166. The Labute approximate surface area is 168 Å². The lowest BCUT2D eigenvalue weighted by Gasteiger charge is -2.16. The number of hydrogen-bond acceptors (Lipinski definition) is 8. The van der Waals surface area contributed by atoms with Crippen LogP contribution in [0.1, 0.15) is 17.4 Å². The number of rotatable bonds is 5. The van der Waals surface area contributed by atoms with Crippen LogP contribution in [0.2, 0.25) is 0 Å². The third kappa shape index (κ3) is 3.81. The molecule has 0 radical (unpaired) electrons. The van der Waals surface area contributed by atoms with Gasteiger partial charge >= 0.3 is 6.18 Å². The molecule has 1 saturated heterocycles. The molecule has 1 aromatic carbocycles. The van der Waals surface area contributed by atoms with Gasteiger partial charge in [0.25, 0.3) is 0 Å². The van der Waals surface area contributed by atoms with Crippen molar-refractivity contribution in [3.8, 4) is 0 Å². The molecule has 0 saturated carbocycles. The Bertz CT molecular complexity index is 1030. The molecule has 9 nitrogen and oxygen atoms in total. The lowest BCUT2D eigenvalue weighted by atomic mass is 10.1. The van der Waals surface area contributed by atoms with Crippen molar-refractivity contribution in [1.29, 1.82) is 0 Å². The summed E-state index contributed by atoms with van der Waals surface area (Å²) in [5.74, 6) is 0.182. The highest BCUT2D eigenvalue weighted by molar-refractivity contribution is 5.81. The number of aliphatic hydroxyl groups excluding tert-OH is 2. The summed E-state index contributed by atoms with van der Waals surface area (Å²) in [4.78, 5) is 12.1. The first-order chi connectivity index (χ1) is 14.3. The molecule has 3 aromatic rings. The molecule has 2 aromatic heterocycles.